The van der Waals surface area contributed by atoms with E-state index in [1.165, 1.54) is 13.2 Å². The van der Waals surface area contributed by atoms with Crippen molar-refractivity contribution >= 4 is 10.1 Å². The molecule has 12 heavy (non-hydrogen) atoms. The molecule has 0 aliphatic heterocycles. The van der Waals surface area contributed by atoms with Crippen LogP contribution in [0.1, 0.15) is 0 Å². The van der Waals surface area contributed by atoms with Crippen LogP contribution in [-0.4, -0.2) is 20.1 Å². The van der Waals surface area contributed by atoms with Gasteiger partial charge in [-0.15, -0.1) is 0 Å². The molecule has 0 heterocycles. The molecule has 1 N–H and O–H groups in total. The number of hydrogen-bond acceptors (Lipinski definition) is 3. The minimum absolute atomic E-state index is 0.278. The Morgan fingerprint density at radius 2 is 1.92 bits per heavy atom. The maximum atomic E-state index is 10.4. The van der Waals surface area contributed by atoms with Gasteiger partial charge in [-0.3, -0.25) is 4.55 Å². The lowest BCUT2D eigenvalue weighted by atomic mass is 10.4. The number of allylic oxidation sites excluding steroid dienone is 2. The standard InChI is InChI=1S/C7H10O4S/c1-6(11-3)4-5-7(2)12(8,9)10/h4-5H,1-2H2,3H3,(H,8,9,10)/b5-4-. The van der Waals surface area contributed by atoms with Gasteiger partial charge >= 0.3 is 0 Å². The first-order valence-corrected chi connectivity index (χ1v) is 4.39. The van der Waals surface area contributed by atoms with Crippen molar-refractivity contribution < 1.29 is 17.7 Å². The Morgan fingerprint density at radius 3 is 2.25 bits per heavy atom. The van der Waals surface area contributed by atoms with Crippen molar-refractivity contribution in [2.24, 2.45) is 0 Å². The van der Waals surface area contributed by atoms with Gasteiger partial charge in [-0.1, -0.05) is 13.2 Å². The average molecular weight is 190 g/mol. The molecule has 68 valence electrons. The summed E-state index contributed by atoms with van der Waals surface area (Å²) in [4.78, 5) is -0.402. The molecule has 0 fully saturated rings. The van der Waals surface area contributed by atoms with Crippen molar-refractivity contribution in [1.29, 1.82) is 0 Å². The Hall–Kier alpha value is -1.07. The van der Waals surface area contributed by atoms with E-state index in [0.29, 0.717) is 0 Å². The van der Waals surface area contributed by atoms with Gasteiger partial charge in [-0.2, -0.15) is 8.42 Å². The third-order valence-corrected chi connectivity index (χ3v) is 1.85. The Labute approximate surface area is 71.6 Å². The fraction of sp³-hybridized carbons (Fsp3) is 0.143. The minimum Gasteiger partial charge on any atom is -0.497 e. The van der Waals surface area contributed by atoms with Gasteiger partial charge in [0.25, 0.3) is 10.1 Å². The monoisotopic (exact) mass is 190 g/mol. The number of hydrogen-bond donors (Lipinski definition) is 1. The second-order valence-electron chi connectivity index (χ2n) is 1.95. The molecule has 0 aromatic heterocycles. The lowest BCUT2D eigenvalue weighted by molar-refractivity contribution is 0.309. The van der Waals surface area contributed by atoms with Crippen LogP contribution in [0.3, 0.4) is 0 Å². The molecule has 0 aromatic rings. The van der Waals surface area contributed by atoms with E-state index in [1.54, 1.807) is 0 Å². The van der Waals surface area contributed by atoms with E-state index < -0.39 is 15.0 Å². The van der Waals surface area contributed by atoms with Crippen LogP contribution in [0, 0.1) is 0 Å². The van der Waals surface area contributed by atoms with Crippen LogP contribution in [0.2, 0.25) is 0 Å². The second kappa shape index (κ2) is 4.08. The van der Waals surface area contributed by atoms with E-state index in [9.17, 15) is 8.42 Å². The van der Waals surface area contributed by atoms with E-state index in [4.69, 9.17) is 4.55 Å². The molecular weight excluding hydrogens is 180 g/mol. The van der Waals surface area contributed by atoms with Gasteiger partial charge in [0.1, 0.15) is 5.76 Å². The highest BCUT2D eigenvalue weighted by Gasteiger charge is 2.05. The van der Waals surface area contributed by atoms with Gasteiger partial charge in [0.15, 0.2) is 0 Å². The largest absolute Gasteiger partial charge is 0.497 e. The highest BCUT2D eigenvalue weighted by atomic mass is 32.2. The van der Waals surface area contributed by atoms with Crippen molar-refractivity contribution in [2.75, 3.05) is 7.11 Å². The topological polar surface area (TPSA) is 63.6 Å². The Kier molecular flexibility index (Phi) is 3.72. The highest BCUT2D eigenvalue weighted by Crippen LogP contribution is 2.04. The number of ether oxygens (including phenoxy) is 1. The molecule has 0 amide bonds. The van der Waals surface area contributed by atoms with Crippen molar-refractivity contribution in [3.63, 3.8) is 0 Å². The highest BCUT2D eigenvalue weighted by molar-refractivity contribution is 7.90. The predicted molar refractivity (Wildman–Crippen MR) is 46.0 cm³/mol. The molecule has 5 heteroatoms. The van der Waals surface area contributed by atoms with Crippen molar-refractivity contribution in [2.45, 2.75) is 0 Å². The predicted octanol–water partition coefficient (Wildman–Crippen LogP) is 1.10. The van der Waals surface area contributed by atoms with Crippen LogP contribution in [0.4, 0.5) is 0 Å². The zero-order valence-corrected chi connectivity index (χ0v) is 7.47. The van der Waals surface area contributed by atoms with E-state index in [2.05, 4.69) is 17.9 Å². The summed E-state index contributed by atoms with van der Waals surface area (Å²) in [6.07, 6.45) is 2.39. The van der Waals surface area contributed by atoms with Crippen LogP contribution in [0.15, 0.2) is 36.0 Å². The van der Waals surface area contributed by atoms with E-state index in [1.807, 2.05) is 0 Å². The summed E-state index contributed by atoms with van der Waals surface area (Å²) < 4.78 is 33.8. The van der Waals surface area contributed by atoms with Gasteiger partial charge in [-0.25, -0.2) is 0 Å². The quantitative estimate of drug-likeness (QED) is 0.409. The van der Waals surface area contributed by atoms with Gasteiger partial charge in [0.2, 0.25) is 0 Å². The van der Waals surface area contributed by atoms with Gasteiger partial charge in [0.05, 0.1) is 12.0 Å². The molecule has 0 aliphatic rings. The van der Waals surface area contributed by atoms with Crippen LogP contribution < -0.4 is 0 Å². The molecule has 0 aliphatic carbocycles. The molecule has 0 rings (SSSR count). The third kappa shape index (κ3) is 3.95. The fourth-order valence-electron chi connectivity index (χ4n) is 0.340. The zero-order valence-electron chi connectivity index (χ0n) is 6.65. The zero-order chi connectivity index (χ0) is 9.78. The van der Waals surface area contributed by atoms with Crippen LogP contribution in [-0.2, 0) is 14.9 Å². The van der Waals surface area contributed by atoms with Gasteiger partial charge in [0, 0.05) is 0 Å². The van der Waals surface area contributed by atoms with Crippen LogP contribution >= 0.6 is 0 Å². The molecular formula is C7H10O4S. The molecule has 0 aromatic carbocycles. The van der Waals surface area contributed by atoms with E-state index in [-0.39, 0.29) is 5.76 Å². The first kappa shape index (κ1) is 10.9. The van der Waals surface area contributed by atoms with Crippen molar-refractivity contribution in [1.82, 2.24) is 0 Å². The van der Waals surface area contributed by atoms with Gasteiger partial charge in [-0.05, 0) is 12.2 Å². The first-order valence-electron chi connectivity index (χ1n) is 2.95. The average Bonchev–Trinajstić information content (AvgIpc) is 1.97. The summed E-state index contributed by atoms with van der Waals surface area (Å²) in [5.41, 5.74) is 0. The molecule has 0 spiro atoms. The lowest BCUT2D eigenvalue weighted by Gasteiger charge is -1.96. The Balaban J connectivity index is 4.40. The van der Waals surface area contributed by atoms with Crippen LogP contribution in [0.5, 0.6) is 0 Å². The molecule has 4 nitrogen and oxygen atoms in total. The normalized spacial score (nSPS) is 11.5. The molecule has 0 saturated carbocycles. The molecule has 0 unspecified atom stereocenters. The fourth-order valence-corrected chi connectivity index (χ4v) is 0.580. The summed E-state index contributed by atoms with van der Waals surface area (Å²) >= 11 is 0. The molecule has 0 radical (unpaired) electrons. The smallest absolute Gasteiger partial charge is 0.293 e. The summed E-state index contributed by atoms with van der Waals surface area (Å²) in [7, 11) is -2.79. The molecule has 0 atom stereocenters. The van der Waals surface area contributed by atoms with Gasteiger partial charge < -0.3 is 4.74 Å². The van der Waals surface area contributed by atoms with E-state index >= 15 is 0 Å². The number of rotatable bonds is 4. The SMILES string of the molecule is C=C(/C=C\C(=C)S(=O)(=O)O)OC. The number of methoxy groups -OCH3 is 1. The van der Waals surface area contributed by atoms with Crippen LogP contribution in [0.25, 0.3) is 0 Å². The first-order chi connectivity index (χ1) is 5.38. The molecule has 0 saturated heterocycles. The maximum absolute atomic E-state index is 10.4. The van der Waals surface area contributed by atoms with Crippen molar-refractivity contribution in [3.05, 3.63) is 36.0 Å². The summed E-state index contributed by atoms with van der Waals surface area (Å²) in [6, 6.07) is 0. The van der Waals surface area contributed by atoms with E-state index in [0.717, 1.165) is 6.08 Å². The summed E-state index contributed by atoms with van der Waals surface area (Å²) in [5, 5.41) is 0. The Morgan fingerprint density at radius 1 is 1.42 bits per heavy atom. The molecule has 0 bridgehead atoms. The minimum atomic E-state index is -4.18. The Bertz CT molecular complexity index is 310. The third-order valence-electron chi connectivity index (χ3n) is 1.05. The van der Waals surface area contributed by atoms with Crippen molar-refractivity contribution in [3.8, 4) is 0 Å². The summed E-state index contributed by atoms with van der Waals surface area (Å²) in [5.74, 6) is 0.278. The lowest BCUT2D eigenvalue weighted by Crippen LogP contribution is -1.97. The maximum Gasteiger partial charge on any atom is 0.293 e. The summed E-state index contributed by atoms with van der Waals surface area (Å²) in [6.45, 7) is 6.51. The second-order valence-corrected chi connectivity index (χ2v) is 3.42.